The van der Waals surface area contributed by atoms with Crippen LogP contribution in [0.5, 0.6) is 0 Å². The van der Waals surface area contributed by atoms with Crippen LogP contribution in [0.25, 0.3) is 0 Å². The summed E-state index contributed by atoms with van der Waals surface area (Å²) in [5, 5.41) is 10.0. The van der Waals surface area contributed by atoms with E-state index in [1.807, 2.05) is 0 Å². The number of aliphatic hydroxyl groups is 1. The van der Waals surface area contributed by atoms with E-state index in [2.05, 4.69) is 13.8 Å². The number of carbonyl (C=O) groups is 1. The summed E-state index contributed by atoms with van der Waals surface area (Å²) < 4.78 is 4.82. The number of aliphatic hydroxyl groups excluding tert-OH is 1. The highest BCUT2D eigenvalue weighted by atomic mass is 16.5. The van der Waals surface area contributed by atoms with Crippen molar-refractivity contribution in [1.82, 2.24) is 0 Å². The topological polar surface area (TPSA) is 46.5 Å². The maximum absolute atomic E-state index is 10.2. The molecule has 136 valence electrons. The normalized spacial score (nSPS) is 17.2. The van der Waals surface area contributed by atoms with E-state index in [4.69, 9.17) is 4.74 Å². The molecule has 0 spiro atoms. The number of hydrogen-bond acceptors (Lipinski definition) is 3. The molecule has 0 heterocycles. The molecule has 1 unspecified atom stereocenters. The van der Waals surface area contributed by atoms with Crippen molar-refractivity contribution in [3.8, 4) is 0 Å². The number of carbonyl (C=O) groups excluding carboxylic acids is 1. The first kappa shape index (κ1) is 20.5. The number of ether oxygens (including phenoxy) is 1. The molecule has 1 aliphatic rings. The minimum Gasteiger partial charge on any atom is -0.468 e. The van der Waals surface area contributed by atoms with Gasteiger partial charge in [0.1, 0.15) is 0 Å². The molecule has 1 fully saturated rings. The molecule has 0 bridgehead atoms. The van der Waals surface area contributed by atoms with Crippen LogP contribution in [-0.4, -0.2) is 24.3 Å². The highest BCUT2D eigenvalue weighted by Gasteiger charge is 2.41. The molecule has 0 saturated heterocycles. The summed E-state index contributed by atoms with van der Waals surface area (Å²) in [6.07, 6.45) is 15.4. The van der Waals surface area contributed by atoms with Gasteiger partial charge in [-0.15, -0.1) is 0 Å². The molecule has 0 aromatic rings. The Bertz CT molecular complexity index is 297. The van der Waals surface area contributed by atoms with Crippen LogP contribution in [0.2, 0.25) is 0 Å². The molecule has 1 aliphatic carbocycles. The standard InChI is InChI=1S/C20H38O3/c1-18(2)9-5-3-6-10-19(22)11-7-4-8-12-20(13-14-20)15-16-23-17-21/h17-19,22H,3-16H2,1-2H3. The van der Waals surface area contributed by atoms with Gasteiger partial charge in [-0.1, -0.05) is 58.8 Å². The molecule has 23 heavy (non-hydrogen) atoms. The molecule has 0 radical (unpaired) electrons. The van der Waals surface area contributed by atoms with Crippen LogP contribution < -0.4 is 0 Å². The first-order valence-electron chi connectivity index (χ1n) is 9.81. The van der Waals surface area contributed by atoms with Crippen molar-refractivity contribution in [2.24, 2.45) is 11.3 Å². The smallest absolute Gasteiger partial charge is 0.293 e. The molecule has 1 saturated carbocycles. The predicted molar refractivity (Wildman–Crippen MR) is 95.3 cm³/mol. The molecule has 1 atom stereocenters. The molecular formula is C20H38O3. The van der Waals surface area contributed by atoms with Gasteiger partial charge in [0.15, 0.2) is 0 Å². The molecular weight excluding hydrogens is 288 g/mol. The summed E-state index contributed by atoms with van der Waals surface area (Å²) in [4.78, 5) is 10.2. The van der Waals surface area contributed by atoms with E-state index in [-0.39, 0.29) is 6.10 Å². The van der Waals surface area contributed by atoms with E-state index in [1.165, 1.54) is 57.8 Å². The summed E-state index contributed by atoms with van der Waals surface area (Å²) >= 11 is 0. The van der Waals surface area contributed by atoms with E-state index in [0.29, 0.717) is 18.5 Å². The molecule has 0 aromatic heterocycles. The van der Waals surface area contributed by atoms with Gasteiger partial charge in [-0.3, -0.25) is 4.79 Å². The molecule has 3 heteroatoms. The Morgan fingerprint density at radius 3 is 2.13 bits per heavy atom. The largest absolute Gasteiger partial charge is 0.468 e. The molecule has 0 aliphatic heterocycles. The number of unbranched alkanes of at least 4 members (excludes halogenated alkanes) is 4. The average molecular weight is 327 g/mol. The van der Waals surface area contributed by atoms with Gasteiger partial charge in [-0.25, -0.2) is 0 Å². The van der Waals surface area contributed by atoms with Crippen molar-refractivity contribution < 1.29 is 14.6 Å². The van der Waals surface area contributed by atoms with Gasteiger partial charge in [0.05, 0.1) is 12.7 Å². The van der Waals surface area contributed by atoms with Crippen molar-refractivity contribution >= 4 is 6.47 Å². The Kier molecular flexibility index (Phi) is 10.6. The monoisotopic (exact) mass is 326 g/mol. The number of rotatable bonds is 16. The van der Waals surface area contributed by atoms with Crippen molar-refractivity contribution in [2.45, 2.75) is 103 Å². The second kappa shape index (κ2) is 11.9. The lowest BCUT2D eigenvalue weighted by atomic mass is 9.94. The van der Waals surface area contributed by atoms with Crippen molar-refractivity contribution in [3.63, 3.8) is 0 Å². The van der Waals surface area contributed by atoms with E-state index < -0.39 is 0 Å². The Morgan fingerprint density at radius 2 is 1.57 bits per heavy atom. The Balaban J connectivity index is 1.89. The zero-order valence-electron chi connectivity index (χ0n) is 15.4. The zero-order valence-corrected chi connectivity index (χ0v) is 15.4. The fourth-order valence-electron chi connectivity index (χ4n) is 3.44. The second-order valence-corrected chi connectivity index (χ2v) is 8.00. The summed E-state index contributed by atoms with van der Waals surface area (Å²) in [5.74, 6) is 0.805. The third-order valence-electron chi connectivity index (χ3n) is 5.34. The molecule has 3 nitrogen and oxygen atoms in total. The summed E-state index contributed by atoms with van der Waals surface area (Å²) in [6, 6.07) is 0. The maximum Gasteiger partial charge on any atom is 0.293 e. The van der Waals surface area contributed by atoms with Crippen LogP contribution in [0.1, 0.15) is 97.3 Å². The van der Waals surface area contributed by atoms with Gasteiger partial charge < -0.3 is 9.84 Å². The third kappa shape index (κ3) is 10.8. The predicted octanol–water partition coefficient (Wildman–Crippen LogP) is 5.25. The van der Waals surface area contributed by atoms with E-state index in [0.717, 1.165) is 31.6 Å². The lowest BCUT2D eigenvalue weighted by Gasteiger charge is -2.14. The highest BCUT2D eigenvalue weighted by Crippen LogP contribution is 2.52. The van der Waals surface area contributed by atoms with E-state index >= 15 is 0 Å². The fourth-order valence-corrected chi connectivity index (χ4v) is 3.44. The zero-order chi connectivity index (χ0) is 17.0. The maximum atomic E-state index is 10.2. The Hall–Kier alpha value is -0.570. The van der Waals surface area contributed by atoms with Crippen LogP contribution >= 0.6 is 0 Å². The Labute approximate surface area is 143 Å². The fraction of sp³-hybridized carbons (Fsp3) is 0.950. The lowest BCUT2D eigenvalue weighted by molar-refractivity contribution is -0.129. The number of hydrogen-bond donors (Lipinski definition) is 1. The molecule has 1 rings (SSSR count). The van der Waals surface area contributed by atoms with E-state index in [9.17, 15) is 9.90 Å². The van der Waals surface area contributed by atoms with Gasteiger partial charge in [0.2, 0.25) is 0 Å². The minimum absolute atomic E-state index is 0.0927. The molecule has 0 amide bonds. The van der Waals surface area contributed by atoms with Crippen molar-refractivity contribution in [2.75, 3.05) is 6.61 Å². The molecule has 0 aromatic carbocycles. The lowest BCUT2D eigenvalue weighted by Crippen LogP contribution is -2.07. The first-order valence-corrected chi connectivity index (χ1v) is 9.81. The van der Waals surface area contributed by atoms with Crippen LogP contribution in [0.3, 0.4) is 0 Å². The van der Waals surface area contributed by atoms with Gasteiger partial charge in [0.25, 0.3) is 6.47 Å². The van der Waals surface area contributed by atoms with Crippen molar-refractivity contribution in [1.29, 1.82) is 0 Å². The highest BCUT2D eigenvalue weighted by molar-refractivity contribution is 5.36. The van der Waals surface area contributed by atoms with Crippen LogP contribution in [0, 0.1) is 11.3 Å². The quantitative estimate of drug-likeness (QED) is 0.311. The van der Waals surface area contributed by atoms with Crippen molar-refractivity contribution in [3.05, 3.63) is 0 Å². The summed E-state index contributed by atoms with van der Waals surface area (Å²) in [5.41, 5.74) is 0.484. The minimum atomic E-state index is -0.0927. The van der Waals surface area contributed by atoms with Crippen LogP contribution in [0.15, 0.2) is 0 Å². The van der Waals surface area contributed by atoms with Crippen LogP contribution in [0.4, 0.5) is 0 Å². The molecule has 1 N–H and O–H groups in total. The third-order valence-corrected chi connectivity index (χ3v) is 5.34. The van der Waals surface area contributed by atoms with E-state index in [1.54, 1.807) is 0 Å². The second-order valence-electron chi connectivity index (χ2n) is 8.00. The van der Waals surface area contributed by atoms with Gasteiger partial charge >= 0.3 is 0 Å². The van der Waals surface area contributed by atoms with Gasteiger partial charge in [-0.2, -0.15) is 0 Å². The summed E-state index contributed by atoms with van der Waals surface area (Å²) in [6.45, 7) is 5.69. The first-order chi connectivity index (χ1) is 11.1. The van der Waals surface area contributed by atoms with Crippen LogP contribution in [-0.2, 0) is 9.53 Å². The van der Waals surface area contributed by atoms with Gasteiger partial charge in [0, 0.05) is 0 Å². The Morgan fingerprint density at radius 1 is 0.957 bits per heavy atom. The summed E-state index contributed by atoms with van der Waals surface area (Å²) in [7, 11) is 0. The average Bonchev–Trinajstić information content (AvgIpc) is 3.27. The SMILES string of the molecule is CC(C)CCCCCC(O)CCCCCC1(CCOC=O)CC1. The van der Waals surface area contributed by atoms with Gasteiger partial charge in [-0.05, 0) is 49.9 Å².